The molecule has 3 heterocycles. The van der Waals surface area contributed by atoms with Gasteiger partial charge in [-0.05, 0) is 50.6 Å². The first kappa shape index (κ1) is 24.9. The number of rotatable bonds is 7. The van der Waals surface area contributed by atoms with Crippen molar-refractivity contribution in [1.29, 1.82) is 0 Å². The highest BCUT2D eigenvalue weighted by molar-refractivity contribution is 6.29. The van der Waals surface area contributed by atoms with Crippen molar-refractivity contribution in [3.8, 4) is 11.5 Å². The summed E-state index contributed by atoms with van der Waals surface area (Å²) in [5.74, 6) is 0.670. The highest BCUT2D eigenvalue weighted by Crippen LogP contribution is 2.32. The number of benzene rings is 1. The molecule has 1 unspecified atom stereocenters. The molecule has 1 atom stereocenters. The zero-order valence-corrected chi connectivity index (χ0v) is 21.2. The van der Waals surface area contributed by atoms with E-state index in [-0.39, 0.29) is 28.9 Å². The fraction of sp³-hybridized carbons (Fsp3) is 0.240. The Kier molecular flexibility index (Phi) is 7.07. The molecule has 10 nitrogen and oxygen atoms in total. The Labute approximate surface area is 211 Å². The molecule has 0 fully saturated rings. The van der Waals surface area contributed by atoms with Crippen LogP contribution in [0.3, 0.4) is 0 Å². The number of hydrogen-bond acceptors (Lipinski definition) is 8. The summed E-state index contributed by atoms with van der Waals surface area (Å²) in [5.41, 5.74) is 6.65. The first-order chi connectivity index (χ1) is 17.2. The number of nitrogens with zero attached hydrogens (tertiary/aromatic N) is 4. The van der Waals surface area contributed by atoms with Gasteiger partial charge in [-0.25, -0.2) is 4.98 Å². The number of halogens is 1. The second-order valence-electron chi connectivity index (χ2n) is 8.24. The normalized spacial score (nSPS) is 12.4. The molecular formula is C25H25ClN6O4. The van der Waals surface area contributed by atoms with E-state index in [1.54, 1.807) is 43.0 Å². The van der Waals surface area contributed by atoms with Crippen molar-refractivity contribution < 1.29 is 14.0 Å². The average molecular weight is 509 g/mol. The van der Waals surface area contributed by atoms with Gasteiger partial charge in [0.1, 0.15) is 22.1 Å². The van der Waals surface area contributed by atoms with Crippen LogP contribution < -0.4 is 16.2 Å². The van der Waals surface area contributed by atoms with Crippen LogP contribution in [-0.4, -0.2) is 34.1 Å². The van der Waals surface area contributed by atoms with E-state index in [0.29, 0.717) is 39.4 Å². The predicted molar refractivity (Wildman–Crippen MR) is 138 cm³/mol. The molecule has 1 aromatic carbocycles. The van der Waals surface area contributed by atoms with Crippen LogP contribution in [0.2, 0.25) is 5.15 Å². The summed E-state index contributed by atoms with van der Waals surface area (Å²) in [7, 11) is 3.32. The topological polar surface area (TPSA) is 124 Å². The lowest BCUT2D eigenvalue weighted by atomic mass is 9.99. The van der Waals surface area contributed by atoms with Gasteiger partial charge in [-0.2, -0.15) is 10.6 Å². The molecule has 0 bridgehead atoms. The van der Waals surface area contributed by atoms with E-state index in [9.17, 15) is 9.59 Å². The maximum absolute atomic E-state index is 13.4. The van der Waals surface area contributed by atoms with Gasteiger partial charge in [-0.3, -0.25) is 19.3 Å². The number of aliphatic imine (C=N–C) groups is 1. The van der Waals surface area contributed by atoms with Crippen LogP contribution in [0.15, 0.2) is 50.7 Å². The molecule has 0 spiro atoms. The Morgan fingerprint density at radius 2 is 2.06 bits per heavy atom. The molecule has 0 radical (unpaired) electrons. The molecule has 4 aromatic rings. The molecule has 0 aliphatic rings. The molecule has 36 heavy (non-hydrogen) atoms. The van der Waals surface area contributed by atoms with E-state index < -0.39 is 0 Å². The Balaban J connectivity index is 1.84. The second-order valence-corrected chi connectivity index (χ2v) is 8.63. The van der Waals surface area contributed by atoms with Crippen LogP contribution in [0, 0.1) is 13.8 Å². The van der Waals surface area contributed by atoms with Crippen LogP contribution in [0.1, 0.15) is 35.3 Å². The standard InChI is InChI=1S/C25H25ClN6O4/c1-13-10-16(15(3)29-18-6-7-20(26)30-21(18)25(27-4)31-35-12-33)24-17(11-13)22(34)14(2)23(36-24)19-8-9-28-32(19)5/h6-12,15,29H,1-5H3,(H,27,31). The van der Waals surface area contributed by atoms with Crippen molar-refractivity contribution >= 4 is 40.6 Å². The van der Waals surface area contributed by atoms with Crippen LogP contribution >= 0.6 is 11.6 Å². The lowest BCUT2D eigenvalue weighted by Gasteiger charge is -2.20. The summed E-state index contributed by atoms with van der Waals surface area (Å²) in [6.45, 7) is 5.86. The number of hydroxylamine groups is 1. The van der Waals surface area contributed by atoms with Crippen molar-refractivity contribution in [2.75, 3.05) is 12.4 Å². The molecule has 0 saturated heterocycles. The minimum absolute atomic E-state index is 0.103. The first-order valence-corrected chi connectivity index (χ1v) is 11.4. The highest BCUT2D eigenvalue weighted by atomic mass is 35.5. The third kappa shape index (κ3) is 4.67. The van der Waals surface area contributed by atoms with E-state index in [1.807, 2.05) is 26.0 Å². The van der Waals surface area contributed by atoms with Gasteiger partial charge in [0.2, 0.25) is 0 Å². The van der Waals surface area contributed by atoms with Gasteiger partial charge in [0.15, 0.2) is 17.0 Å². The summed E-state index contributed by atoms with van der Waals surface area (Å²) in [6, 6.07) is 8.65. The molecule has 0 amide bonds. The summed E-state index contributed by atoms with van der Waals surface area (Å²) in [4.78, 5) is 37.1. The molecule has 0 aliphatic carbocycles. The summed E-state index contributed by atoms with van der Waals surface area (Å²) in [6.07, 6.45) is 1.66. The second kappa shape index (κ2) is 10.2. The van der Waals surface area contributed by atoms with Crippen LogP contribution in [0.5, 0.6) is 0 Å². The monoisotopic (exact) mass is 508 g/mol. The van der Waals surface area contributed by atoms with Gasteiger partial charge in [-0.1, -0.05) is 17.7 Å². The molecule has 4 rings (SSSR count). The third-order valence-electron chi connectivity index (χ3n) is 5.80. The van der Waals surface area contributed by atoms with E-state index in [1.165, 1.54) is 7.05 Å². The SMILES string of the molecule is CN=C(NOC=O)c1nc(Cl)ccc1NC(C)c1cc(C)cc2c(=O)c(C)c(-c3ccnn3C)oc12. The molecule has 0 aliphatic heterocycles. The van der Waals surface area contributed by atoms with Gasteiger partial charge >= 0.3 is 6.47 Å². The highest BCUT2D eigenvalue weighted by Gasteiger charge is 2.21. The van der Waals surface area contributed by atoms with Gasteiger partial charge < -0.3 is 14.6 Å². The Hall–Kier alpha value is -4.18. The van der Waals surface area contributed by atoms with Crippen LogP contribution in [0.4, 0.5) is 5.69 Å². The van der Waals surface area contributed by atoms with Crippen molar-refractivity contribution in [3.63, 3.8) is 0 Å². The molecule has 11 heteroatoms. The molecule has 0 saturated carbocycles. The van der Waals surface area contributed by atoms with Crippen molar-refractivity contribution in [3.05, 3.63) is 74.3 Å². The Morgan fingerprint density at radius 1 is 1.28 bits per heavy atom. The van der Waals surface area contributed by atoms with E-state index in [0.717, 1.165) is 11.1 Å². The van der Waals surface area contributed by atoms with E-state index in [4.69, 9.17) is 16.0 Å². The largest absolute Gasteiger partial charge is 0.454 e. The van der Waals surface area contributed by atoms with Gasteiger partial charge in [-0.15, -0.1) is 0 Å². The zero-order valence-electron chi connectivity index (χ0n) is 20.4. The minimum Gasteiger partial charge on any atom is -0.454 e. The fourth-order valence-electron chi connectivity index (χ4n) is 4.05. The number of carbonyl (C=O) groups excluding carboxylic acids is 1. The van der Waals surface area contributed by atoms with Crippen LogP contribution in [0.25, 0.3) is 22.4 Å². The lowest BCUT2D eigenvalue weighted by molar-refractivity contribution is -0.132. The summed E-state index contributed by atoms with van der Waals surface area (Å²) < 4.78 is 8.05. The molecule has 186 valence electrons. The minimum atomic E-state index is -0.329. The number of aryl methyl sites for hydroxylation is 2. The van der Waals surface area contributed by atoms with Crippen LogP contribution in [-0.2, 0) is 16.7 Å². The third-order valence-corrected chi connectivity index (χ3v) is 6.01. The quantitative estimate of drug-likeness (QED) is 0.126. The number of hydrogen-bond donors (Lipinski definition) is 2. The van der Waals surface area contributed by atoms with Gasteiger partial charge in [0.05, 0.1) is 17.1 Å². The first-order valence-electron chi connectivity index (χ1n) is 11.1. The van der Waals surface area contributed by atoms with E-state index in [2.05, 4.69) is 30.7 Å². The average Bonchev–Trinajstić information content (AvgIpc) is 3.28. The number of nitrogens with one attached hydrogen (secondary N) is 2. The number of anilines is 1. The van der Waals surface area contributed by atoms with Crippen molar-refractivity contribution in [2.45, 2.75) is 26.8 Å². The molecule has 3 aromatic heterocycles. The zero-order chi connectivity index (χ0) is 26.0. The van der Waals surface area contributed by atoms with Gasteiger partial charge in [0.25, 0.3) is 0 Å². The number of aromatic nitrogens is 3. The fourth-order valence-corrected chi connectivity index (χ4v) is 4.20. The van der Waals surface area contributed by atoms with E-state index >= 15 is 0 Å². The lowest BCUT2D eigenvalue weighted by Crippen LogP contribution is -2.27. The number of pyridine rings is 1. The van der Waals surface area contributed by atoms with Crippen molar-refractivity contribution in [1.82, 2.24) is 20.2 Å². The molecule has 2 N–H and O–H groups in total. The number of fused-ring (bicyclic) bond motifs is 1. The maximum Gasteiger partial charge on any atom is 0.320 e. The predicted octanol–water partition coefficient (Wildman–Crippen LogP) is 4.09. The Bertz CT molecular complexity index is 1540. The van der Waals surface area contributed by atoms with Crippen molar-refractivity contribution in [2.24, 2.45) is 12.0 Å². The smallest absolute Gasteiger partial charge is 0.320 e. The maximum atomic E-state index is 13.4. The van der Waals surface area contributed by atoms with Gasteiger partial charge in [0, 0.05) is 31.4 Å². The molecular weight excluding hydrogens is 484 g/mol. The summed E-state index contributed by atoms with van der Waals surface area (Å²) >= 11 is 6.13. The number of amidine groups is 1. The summed E-state index contributed by atoms with van der Waals surface area (Å²) in [5, 5.41) is 8.34. The Morgan fingerprint density at radius 3 is 2.72 bits per heavy atom. The number of carbonyl (C=O) groups is 1.